The minimum atomic E-state index is -1.00. The smallest absolute Gasteiger partial charge is 0.282 e. The molecule has 0 bridgehead atoms. The second-order valence-electron chi connectivity index (χ2n) is 6.01. The van der Waals surface area contributed by atoms with Gasteiger partial charge in [-0.15, -0.1) is 0 Å². The fourth-order valence-corrected chi connectivity index (χ4v) is 2.83. The summed E-state index contributed by atoms with van der Waals surface area (Å²) in [6, 6.07) is 5.48. The molecular weight excluding hydrogens is 296 g/mol. The van der Waals surface area contributed by atoms with Gasteiger partial charge in [0.1, 0.15) is 11.3 Å². The van der Waals surface area contributed by atoms with Crippen LogP contribution in [-0.2, 0) is 14.4 Å². The monoisotopic (exact) mass is 316 g/mol. The van der Waals surface area contributed by atoms with Crippen LogP contribution in [0.25, 0.3) is 5.57 Å². The third kappa shape index (κ3) is 2.69. The van der Waals surface area contributed by atoms with Crippen LogP contribution in [0.3, 0.4) is 0 Å². The lowest BCUT2D eigenvalue weighted by Crippen LogP contribution is -2.43. The summed E-state index contributed by atoms with van der Waals surface area (Å²) in [5.41, 5.74) is 1.84. The van der Waals surface area contributed by atoms with Gasteiger partial charge in [0.2, 0.25) is 0 Å². The van der Waals surface area contributed by atoms with Crippen LogP contribution in [0, 0.1) is 25.2 Å². The zero-order valence-electron chi connectivity index (χ0n) is 13.9. The number of hydrogen-bond donors (Lipinski definition) is 1. The molecule has 0 saturated carbocycles. The summed E-state index contributed by atoms with van der Waals surface area (Å²) >= 11 is 0. The number of carbonyl (C=O) groups excluding carboxylic acids is 1. The molecule has 122 valence electrons. The molecule has 0 fully saturated rings. The number of nitrogens with zero attached hydrogens (tertiary/aromatic N) is 2. The standard InChI is InChI=1S/C17H20N2O4/c1-10-6-12(8-18)7-11(2)13(10)14-15(20)17(3,4)19(16(14)21)23-9-22-5/h6-7,20H,9H2,1-5H3. The molecule has 1 N–H and O–H groups in total. The van der Waals surface area contributed by atoms with Crippen LogP contribution in [0.15, 0.2) is 17.9 Å². The van der Waals surface area contributed by atoms with Crippen LogP contribution in [0.2, 0.25) is 0 Å². The summed E-state index contributed by atoms with van der Waals surface area (Å²) in [4.78, 5) is 18.1. The summed E-state index contributed by atoms with van der Waals surface area (Å²) in [7, 11) is 1.46. The maximum atomic E-state index is 12.8. The molecular formula is C17H20N2O4. The van der Waals surface area contributed by atoms with Gasteiger partial charge in [0.05, 0.1) is 17.2 Å². The first-order chi connectivity index (χ1) is 10.8. The molecule has 0 atom stereocenters. The Kier molecular flexibility index (Phi) is 4.46. The lowest BCUT2D eigenvalue weighted by molar-refractivity contribution is -0.238. The topological polar surface area (TPSA) is 82.8 Å². The number of aliphatic hydroxyl groups is 1. The van der Waals surface area contributed by atoms with Crippen molar-refractivity contribution in [2.24, 2.45) is 0 Å². The van der Waals surface area contributed by atoms with Crippen molar-refractivity contribution in [1.82, 2.24) is 5.06 Å². The van der Waals surface area contributed by atoms with E-state index in [4.69, 9.17) is 14.8 Å². The van der Waals surface area contributed by atoms with Gasteiger partial charge in [-0.25, -0.2) is 9.90 Å². The normalized spacial score (nSPS) is 16.9. The molecule has 0 aromatic heterocycles. The molecule has 23 heavy (non-hydrogen) atoms. The Hall–Kier alpha value is -2.36. The second kappa shape index (κ2) is 6.03. The zero-order chi connectivity index (χ0) is 17.4. The lowest BCUT2D eigenvalue weighted by atomic mass is 9.91. The number of methoxy groups -OCH3 is 1. The lowest BCUT2D eigenvalue weighted by Gasteiger charge is -2.30. The largest absolute Gasteiger partial charge is 0.509 e. The van der Waals surface area contributed by atoms with Crippen LogP contribution in [0.5, 0.6) is 0 Å². The third-order valence-electron chi connectivity index (χ3n) is 3.93. The number of aryl methyl sites for hydroxylation is 2. The quantitative estimate of drug-likeness (QED) is 0.863. The van der Waals surface area contributed by atoms with Crippen molar-refractivity contribution in [3.05, 3.63) is 40.1 Å². The van der Waals surface area contributed by atoms with E-state index in [1.54, 1.807) is 26.0 Å². The molecule has 0 radical (unpaired) electrons. The molecule has 1 amide bonds. The van der Waals surface area contributed by atoms with Gasteiger partial charge < -0.3 is 9.84 Å². The predicted octanol–water partition coefficient (Wildman–Crippen LogP) is 2.60. The van der Waals surface area contributed by atoms with Gasteiger partial charge in [0, 0.05) is 7.11 Å². The number of hydrogen-bond acceptors (Lipinski definition) is 5. The van der Waals surface area contributed by atoms with E-state index in [-0.39, 0.29) is 18.1 Å². The summed E-state index contributed by atoms with van der Waals surface area (Å²) in [5, 5.41) is 20.8. The van der Waals surface area contributed by atoms with E-state index in [0.717, 1.165) is 16.2 Å². The van der Waals surface area contributed by atoms with E-state index in [2.05, 4.69) is 6.07 Å². The molecule has 0 saturated heterocycles. The summed E-state index contributed by atoms with van der Waals surface area (Å²) in [5.74, 6) is -0.491. The Morgan fingerprint density at radius 3 is 2.35 bits per heavy atom. The van der Waals surface area contributed by atoms with Gasteiger partial charge in [-0.1, -0.05) is 0 Å². The van der Waals surface area contributed by atoms with Crippen LogP contribution < -0.4 is 0 Å². The maximum absolute atomic E-state index is 12.8. The van der Waals surface area contributed by atoms with Gasteiger partial charge in [-0.3, -0.25) is 4.79 Å². The molecule has 6 nitrogen and oxygen atoms in total. The highest BCUT2D eigenvalue weighted by Crippen LogP contribution is 2.40. The van der Waals surface area contributed by atoms with Crippen LogP contribution in [-0.4, -0.2) is 35.5 Å². The summed E-state index contributed by atoms with van der Waals surface area (Å²) in [6.45, 7) is 6.90. The predicted molar refractivity (Wildman–Crippen MR) is 84.1 cm³/mol. The first-order valence-electron chi connectivity index (χ1n) is 7.17. The highest BCUT2D eigenvalue weighted by atomic mass is 16.8. The Morgan fingerprint density at radius 2 is 1.87 bits per heavy atom. The van der Waals surface area contributed by atoms with E-state index >= 15 is 0 Å². The van der Waals surface area contributed by atoms with Crippen molar-refractivity contribution in [3.63, 3.8) is 0 Å². The average molecular weight is 316 g/mol. The minimum absolute atomic E-state index is 0.0606. The van der Waals surface area contributed by atoms with E-state index in [1.807, 2.05) is 13.8 Å². The number of carbonyl (C=O) groups is 1. The van der Waals surface area contributed by atoms with Gasteiger partial charge in [-0.2, -0.15) is 5.26 Å². The Morgan fingerprint density at radius 1 is 1.30 bits per heavy atom. The molecule has 0 aliphatic carbocycles. The average Bonchev–Trinajstić information content (AvgIpc) is 2.64. The molecule has 0 spiro atoms. The summed E-state index contributed by atoms with van der Waals surface area (Å²) in [6.07, 6.45) is 0. The molecule has 1 heterocycles. The Bertz CT molecular complexity index is 706. The summed E-state index contributed by atoms with van der Waals surface area (Å²) < 4.78 is 4.85. The van der Waals surface area contributed by atoms with Crippen molar-refractivity contribution in [2.45, 2.75) is 33.2 Å². The van der Waals surface area contributed by atoms with E-state index < -0.39 is 11.4 Å². The van der Waals surface area contributed by atoms with E-state index in [9.17, 15) is 9.90 Å². The first kappa shape index (κ1) is 17.0. The maximum Gasteiger partial charge on any atom is 0.282 e. The van der Waals surface area contributed by atoms with Gasteiger partial charge in [0.15, 0.2) is 6.79 Å². The number of nitriles is 1. The fourth-order valence-electron chi connectivity index (χ4n) is 2.83. The van der Waals surface area contributed by atoms with E-state index in [0.29, 0.717) is 11.1 Å². The number of rotatable bonds is 4. The first-order valence-corrected chi connectivity index (χ1v) is 7.17. The van der Waals surface area contributed by atoms with Gasteiger partial charge >= 0.3 is 0 Å². The van der Waals surface area contributed by atoms with Crippen molar-refractivity contribution in [1.29, 1.82) is 5.26 Å². The van der Waals surface area contributed by atoms with Gasteiger partial charge in [0.25, 0.3) is 5.91 Å². The molecule has 1 aromatic rings. The zero-order valence-corrected chi connectivity index (χ0v) is 13.9. The third-order valence-corrected chi connectivity index (χ3v) is 3.93. The van der Waals surface area contributed by atoms with Crippen LogP contribution in [0.1, 0.15) is 36.1 Å². The fraction of sp³-hybridized carbons (Fsp3) is 0.412. The second-order valence-corrected chi connectivity index (χ2v) is 6.01. The van der Waals surface area contributed by atoms with Crippen molar-refractivity contribution >= 4 is 11.5 Å². The number of amides is 1. The Labute approximate surface area is 135 Å². The molecule has 1 aliphatic rings. The molecule has 1 aliphatic heterocycles. The highest BCUT2D eigenvalue weighted by molar-refractivity contribution is 6.23. The molecule has 1 aromatic carbocycles. The Balaban J connectivity index is 2.58. The SMILES string of the molecule is COCON1C(=O)C(c2c(C)cc(C#N)cc2C)=C(O)C1(C)C. The molecule has 0 unspecified atom stereocenters. The minimum Gasteiger partial charge on any atom is -0.509 e. The van der Waals surface area contributed by atoms with Crippen molar-refractivity contribution < 1.29 is 19.5 Å². The number of hydroxylamine groups is 2. The van der Waals surface area contributed by atoms with Crippen LogP contribution >= 0.6 is 0 Å². The highest BCUT2D eigenvalue weighted by Gasteiger charge is 2.48. The number of aliphatic hydroxyl groups excluding tert-OH is 1. The number of benzene rings is 1. The molecule has 6 heteroatoms. The number of ether oxygens (including phenoxy) is 1. The molecule has 2 rings (SSSR count). The van der Waals surface area contributed by atoms with Gasteiger partial charge in [-0.05, 0) is 56.5 Å². The van der Waals surface area contributed by atoms with Crippen molar-refractivity contribution in [3.8, 4) is 6.07 Å². The van der Waals surface area contributed by atoms with Crippen LogP contribution in [0.4, 0.5) is 0 Å². The van der Waals surface area contributed by atoms with Crippen molar-refractivity contribution in [2.75, 3.05) is 13.9 Å². The van der Waals surface area contributed by atoms with E-state index in [1.165, 1.54) is 7.11 Å².